The molecule has 0 saturated carbocycles. The Balaban J connectivity index is 1.63. The first-order chi connectivity index (χ1) is 13.0. The molecule has 2 aromatic rings. The maximum absolute atomic E-state index is 13.2. The normalized spacial score (nSPS) is 22.5. The van der Waals surface area contributed by atoms with Gasteiger partial charge in [-0.3, -0.25) is 9.69 Å². The lowest BCUT2D eigenvalue weighted by Gasteiger charge is -2.43. The van der Waals surface area contributed by atoms with Gasteiger partial charge >= 0.3 is 0 Å². The average molecular weight is 403 g/mol. The highest BCUT2D eigenvalue weighted by Crippen LogP contribution is 2.31. The summed E-state index contributed by atoms with van der Waals surface area (Å²) in [7, 11) is 1.92. The second-order valence-electron chi connectivity index (χ2n) is 7.60. The van der Waals surface area contributed by atoms with Gasteiger partial charge in [-0.25, -0.2) is 0 Å². The Morgan fingerprint density at radius 1 is 1.00 bits per heavy atom. The van der Waals surface area contributed by atoms with Crippen LogP contribution in [0.4, 0.5) is 0 Å². The Kier molecular flexibility index (Phi) is 5.45. The summed E-state index contributed by atoms with van der Waals surface area (Å²) in [5, 5.41) is 0.887. The summed E-state index contributed by atoms with van der Waals surface area (Å²) in [4.78, 5) is 17.7. The number of amides is 1. The monoisotopic (exact) mass is 402 g/mol. The number of nitrogens with zero attached hydrogens (tertiary/aromatic N) is 2. The molecule has 0 radical (unpaired) electrons. The number of hydrogen-bond donors (Lipinski definition) is 0. The van der Waals surface area contributed by atoms with Crippen molar-refractivity contribution in [2.75, 3.05) is 20.1 Å². The Labute approximate surface area is 170 Å². The zero-order valence-corrected chi connectivity index (χ0v) is 17.0. The predicted octanol–water partition coefficient (Wildman–Crippen LogP) is 4.70. The second kappa shape index (κ2) is 7.83. The summed E-state index contributed by atoms with van der Waals surface area (Å²) in [5.74, 6) is 0.00199. The second-order valence-corrected chi connectivity index (χ2v) is 8.41. The van der Waals surface area contributed by atoms with Crippen LogP contribution in [-0.4, -0.2) is 47.9 Å². The molecule has 0 aromatic heterocycles. The third-order valence-electron chi connectivity index (χ3n) is 6.01. The summed E-state index contributed by atoms with van der Waals surface area (Å²) in [6, 6.07) is 14.3. The molecule has 1 amide bonds. The van der Waals surface area contributed by atoms with E-state index in [2.05, 4.69) is 29.2 Å². The Morgan fingerprint density at radius 2 is 1.67 bits per heavy atom. The summed E-state index contributed by atoms with van der Waals surface area (Å²) >= 11 is 12.2. The maximum Gasteiger partial charge on any atom is 0.253 e. The van der Waals surface area contributed by atoms with Gasteiger partial charge in [0.15, 0.2) is 0 Å². The molecule has 0 spiro atoms. The first-order valence-electron chi connectivity index (χ1n) is 9.57. The van der Waals surface area contributed by atoms with Crippen LogP contribution in [0.15, 0.2) is 42.5 Å². The number of carbonyl (C=O) groups excluding carboxylic acids is 1. The van der Waals surface area contributed by atoms with Crippen LogP contribution >= 0.6 is 23.2 Å². The van der Waals surface area contributed by atoms with E-state index in [9.17, 15) is 4.79 Å². The lowest BCUT2D eigenvalue weighted by atomic mass is 9.83. The van der Waals surface area contributed by atoms with E-state index in [1.54, 1.807) is 18.2 Å². The van der Waals surface area contributed by atoms with Crippen molar-refractivity contribution in [3.8, 4) is 0 Å². The Hall–Kier alpha value is -1.55. The molecule has 27 heavy (non-hydrogen) atoms. The highest BCUT2D eigenvalue weighted by molar-refractivity contribution is 6.42. The molecule has 2 atom stereocenters. The largest absolute Gasteiger partial charge is 0.337 e. The van der Waals surface area contributed by atoms with E-state index >= 15 is 0 Å². The van der Waals surface area contributed by atoms with E-state index < -0.39 is 0 Å². The molecule has 0 N–H and O–H groups in total. The van der Waals surface area contributed by atoms with Crippen LogP contribution in [0.3, 0.4) is 0 Å². The van der Waals surface area contributed by atoms with Gasteiger partial charge in [-0.15, -0.1) is 0 Å². The fourth-order valence-electron chi connectivity index (χ4n) is 4.50. The van der Waals surface area contributed by atoms with Gasteiger partial charge in [0.2, 0.25) is 0 Å². The standard InChI is InChI=1S/C22H24Cl2N2O/c1-25(22(27)17-8-9-18(23)19(24)12-17)20-13-15-6-2-3-7-16(15)14-21(20)26-10-4-5-11-26/h2-3,6-9,12,20-21H,4-5,10-11,13-14H2,1H3/t20-,21-/m0/s1. The molecule has 3 nitrogen and oxygen atoms in total. The molecule has 1 fully saturated rings. The Morgan fingerprint density at radius 3 is 2.33 bits per heavy atom. The minimum absolute atomic E-state index is 0.00199. The first kappa shape index (κ1) is 18.8. The number of benzene rings is 2. The number of likely N-dealkylation sites (N-methyl/N-ethyl adjacent to an activating group) is 1. The molecule has 142 valence electrons. The molecule has 0 bridgehead atoms. The van der Waals surface area contributed by atoms with Gasteiger partial charge in [-0.2, -0.15) is 0 Å². The highest BCUT2D eigenvalue weighted by Gasteiger charge is 2.37. The Bertz CT molecular complexity index is 848. The predicted molar refractivity (Wildman–Crippen MR) is 111 cm³/mol. The minimum atomic E-state index is 0.00199. The molecule has 2 aliphatic rings. The van der Waals surface area contributed by atoms with Crippen molar-refractivity contribution in [1.82, 2.24) is 9.80 Å². The average Bonchev–Trinajstić information content (AvgIpc) is 3.22. The molecule has 1 saturated heterocycles. The van der Waals surface area contributed by atoms with E-state index in [4.69, 9.17) is 23.2 Å². The fraction of sp³-hybridized carbons (Fsp3) is 0.409. The quantitative estimate of drug-likeness (QED) is 0.742. The lowest BCUT2D eigenvalue weighted by Crippen LogP contribution is -2.55. The molecule has 1 heterocycles. The summed E-state index contributed by atoms with van der Waals surface area (Å²) in [6.45, 7) is 2.25. The minimum Gasteiger partial charge on any atom is -0.337 e. The van der Waals surface area contributed by atoms with E-state index in [1.165, 1.54) is 24.0 Å². The van der Waals surface area contributed by atoms with Crippen molar-refractivity contribution < 1.29 is 4.79 Å². The zero-order valence-electron chi connectivity index (χ0n) is 15.5. The van der Waals surface area contributed by atoms with Gasteiger partial charge < -0.3 is 4.90 Å². The number of fused-ring (bicyclic) bond motifs is 1. The molecule has 4 rings (SSSR count). The molecule has 1 aliphatic heterocycles. The van der Waals surface area contributed by atoms with Crippen LogP contribution in [0.25, 0.3) is 0 Å². The van der Waals surface area contributed by atoms with E-state index in [-0.39, 0.29) is 11.9 Å². The maximum atomic E-state index is 13.2. The van der Waals surface area contributed by atoms with E-state index in [0.29, 0.717) is 21.7 Å². The molecule has 0 unspecified atom stereocenters. The molecular formula is C22H24Cl2N2O. The third-order valence-corrected chi connectivity index (χ3v) is 6.75. The molecule has 1 aliphatic carbocycles. The highest BCUT2D eigenvalue weighted by atomic mass is 35.5. The van der Waals surface area contributed by atoms with E-state index in [0.717, 1.165) is 25.9 Å². The van der Waals surface area contributed by atoms with Crippen molar-refractivity contribution in [3.05, 3.63) is 69.2 Å². The summed E-state index contributed by atoms with van der Waals surface area (Å²) < 4.78 is 0. The number of rotatable bonds is 3. The van der Waals surface area contributed by atoms with Gasteiger partial charge in [0.1, 0.15) is 0 Å². The van der Waals surface area contributed by atoms with Gasteiger partial charge in [0.05, 0.1) is 16.1 Å². The molecule has 2 aromatic carbocycles. The zero-order chi connectivity index (χ0) is 19.0. The number of likely N-dealkylation sites (tertiary alicyclic amines) is 1. The van der Waals surface area contributed by atoms with Crippen LogP contribution in [0, 0.1) is 0 Å². The van der Waals surface area contributed by atoms with Crippen LogP contribution in [-0.2, 0) is 12.8 Å². The number of halogens is 2. The molecular weight excluding hydrogens is 379 g/mol. The number of carbonyl (C=O) groups is 1. The van der Waals surface area contributed by atoms with Crippen molar-refractivity contribution in [2.24, 2.45) is 0 Å². The SMILES string of the molecule is CN(C(=O)c1ccc(Cl)c(Cl)c1)[C@H]1Cc2ccccc2C[C@@H]1N1CCCC1. The lowest BCUT2D eigenvalue weighted by molar-refractivity contribution is 0.0579. The van der Waals surface area contributed by atoms with Gasteiger partial charge in [-0.05, 0) is 68.1 Å². The molecule has 5 heteroatoms. The van der Waals surface area contributed by atoms with Crippen LogP contribution < -0.4 is 0 Å². The summed E-state index contributed by atoms with van der Waals surface area (Å²) in [5.41, 5.74) is 3.36. The summed E-state index contributed by atoms with van der Waals surface area (Å²) in [6.07, 6.45) is 4.38. The van der Waals surface area contributed by atoms with Crippen LogP contribution in [0.2, 0.25) is 10.0 Å². The van der Waals surface area contributed by atoms with Crippen molar-refractivity contribution in [1.29, 1.82) is 0 Å². The van der Waals surface area contributed by atoms with Crippen molar-refractivity contribution in [3.63, 3.8) is 0 Å². The van der Waals surface area contributed by atoms with Gasteiger partial charge in [0, 0.05) is 18.7 Å². The van der Waals surface area contributed by atoms with E-state index in [1.807, 2.05) is 11.9 Å². The first-order valence-corrected chi connectivity index (χ1v) is 10.3. The van der Waals surface area contributed by atoms with Crippen LogP contribution in [0.5, 0.6) is 0 Å². The fourth-order valence-corrected chi connectivity index (χ4v) is 4.80. The van der Waals surface area contributed by atoms with Crippen molar-refractivity contribution >= 4 is 29.1 Å². The van der Waals surface area contributed by atoms with Crippen LogP contribution in [0.1, 0.15) is 34.3 Å². The smallest absolute Gasteiger partial charge is 0.253 e. The topological polar surface area (TPSA) is 23.6 Å². The third kappa shape index (κ3) is 3.73. The van der Waals surface area contributed by atoms with Gasteiger partial charge in [0.25, 0.3) is 5.91 Å². The van der Waals surface area contributed by atoms with Gasteiger partial charge in [-0.1, -0.05) is 47.5 Å². The number of hydrogen-bond acceptors (Lipinski definition) is 2. The van der Waals surface area contributed by atoms with Crippen molar-refractivity contribution in [2.45, 2.75) is 37.8 Å².